The molecule has 0 aliphatic heterocycles. The van der Waals surface area contributed by atoms with Crippen LogP contribution in [0.15, 0.2) is 0 Å². The van der Waals surface area contributed by atoms with Gasteiger partial charge in [0.2, 0.25) is 0 Å². The topological polar surface area (TPSA) is 42.2 Å². The maximum absolute atomic E-state index is 8.65. The van der Waals surface area contributed by atoms with Crippen LogP contribution >= 0.6 is 0 Å². The van der Waals surface area contributed by atoms with E-state index in [2.05, 4.69) is 6.07 Å². The highest BCUT2D eigenvalue weighted by Crippen LogP contribution is 2.44. The Morgan fingerprint density at radius 1 is 1.45 bits per heavy atom. The van der Waals surface area contributed by atoms with Crippen molar-refractivity contribution in [2.75, 3.05) is 26.9 Å². The minimum atomic E-state index is -0.131. The third-order valence-corrected chi connectivity index (χ3v) is 1.90. The maximum Gasteiger partial charge on any atom is 0.0808 e. The summed E-state index contributed by atoms with van der Waals surface area (Å²) in [5.41, 5.74) is -0.131. The summed E-state index contributed by atoms with van der Waals surface area (Å²) in [5, 5.41) is 8.65. The Morgan fingerprint density at radius 2 is 2.18 bits per heavy atom. The first-order valence-electron chi connectivity index (χ1n) is 3.81. The van der Waals surface area contributed by atoms with E-state index >= 15 is 0 Å². The molecule has 1 saturated carbocycles. The van der Waals surface area contributed by atoms with Gasteiger partial charge < -0.3 is 9.47 Å². The lowest BCUT2D eigenvalue weighted by Gasteiger charge is -2.05. The molecule has 62 valence electrons. The van der Waals surface area contributed by atoms with E-state index in [4.69, 9.17) is 14.7 Å². The molecule has 0 heterocycles. The largest absolute Gasteiger partial charge is 0.382 e. The lowest BCUT2D eigenvalue weighted by Crippen LogP contribution is -2.11. The van der Waals surface area contributed by atoms with Crippen LogP contribution in [0.5, 0.6) is 0 Å². The van der Waals surface area contributed by atoms with Gasteiger partial charge in [0.1, 0.15) is 0 Å². The molecule has 0 atom stereocenters. The van der Waals surface area contributed by atoms with Gasteiger partial charge in [-0.3, -0.25) is 0 Å². The Labute approximate surface area is 66.9 Å². The second-order valence-electron chi connectivity index (χ2n) is 2.94. The van der Waals surface area contributed by atoms with Crippen LogP contribution in [0.25, 0.3) is 0 Å². The first-order valence-corrected chi connectivity index (χ1v) is 3.81. The Bertz CT molecular complexity index is 158. The van der Waals surface area contributed by atoms with Gasteiger partial charge in [0.25, 0.3) is 0 Å². The minimum Gasteiger partial charge on any atom is -0.382 e. The molecule has 0 aromatic carbocycles. The van der Waals surface area contributed by atoms with Crippen molar-refractivity contribution in [2.45, 2.75) is 12.8 Å². The molecule has 1 fully saturated rings. The van der Waals surface area contributed by atoms with E-state index in [1.54, 1.807) is 7.11 Å². The van der Waals surface area contributed by atoms with Crippen LogP contribution in [0.3, 0.4) is 0 Å². The molecule has 1 aliphatic rings. The van der Waals surface area contributed by atoms with Crippen molar-refractivity contribution < 1.29 is 9.47 Å². The van der Waals surface area contributed by atoms with Gasteiger partial charge in [0.15, 0.2) is 0 Å². The number of ether oxygens (including phenoxy) is 2. The summed E-state index contributed by atoms with van der Waals surface area (Å²) in [5.74, 6) is 0. The van der Waals surface area contributed by atoms with Crippen LogP contribution < -0.4 is 0 Å². The summed E-state index contributed by atoms with van der Waals surface area (Å²) in [6.07, 6.45) is 1.99. The number of nitrogens with zero attached hydrogens (tertiary/aromatic N) is 1. The monoisotopic (exact) mass is 155 g/mol. The van der Waals surface area contributed by atoms with Gasteiger partial charge in [0.05, 0.1) is 31.3 Å². The smallest absolute Gasteiger partial charge is 0.0808 e. The fraction of sp³-hybridized carbons (Fsp3) is 0.875. The highest BCUT2D eigenvalue weighted by molar-refractivity contribution is 5.09. The second-order valence-corrected chi connectivity index (χ2v) is 2.94. The van der Waals surface area contributed by atoms with Gasteiger partial charge in [0, 0.05) is 7.11 Å². The lowest BCUT2D eigenvalue weighted by atomic mass is 10.1. The van der Waals surface area contributed by atoms with E-state index < -0.39 is 0 Å². The van der Waals surface area contributed by atoms with Gasteiger partial charge in [-0.25, -0.2) is 0 Å². The van der Waals surface area contributed by atoms with E-state index in [0.29, 0.717) is 19.8 Å². The molecular weight excluding hydrogens is 142 g/mol. The number of hydrogen-bond acceptors (Lipinski definition) is 3. The SMILES string of the molecule is COCCOCC1(C#N)CC1. The Balaban J connectivity index is 2.00. The quantitative estimate of drug-likeness (QED) is 0.555. The van der Waals surface area contributed by atoms with Gasteiger partial charge in [-0.2, -0.15) is 5.26 Å². The average molecular weight is 155 g/mol. The number of methoxy groups -OCH3 is 1. The summed E-state index contributed by atoms with van der Waals surface area (Å²) in [7, 11) is 1.64. The number of hydrogen-bond donors (Lipinski definition) is 0. The molecule has 0 N–H and O–H groups in total. The van der Waals surface area contributed by atoms with Crippen LogP contribution in [-0.2, 0) is 9.47 Å². The molecule has 0 radical (unpaired) electrons. The zero-order chi connectivity index (χ0) is 8.16. The molecule has 11 heavy (non-hydrogen) atoms. The third kappa shape index (κ3) is 2.49. The van der Waals surface area contributed by atoms with Crippen molar-refractivity contribution in [1.82, 2.24) is 0 Å². The molecule has 0 unspecified atom stereocenters. The molecule has 1 aliphatic carbocycles. The average Bonchev–Trinajstić information content (AvgIpc) is 2.80. The highest BCUT2D eigenvalue weighted by Gasteiger charge is 2.43. The van der Waals surface area contributed by atoms with Crippen LogP contribution in [0.4, 0.5) is 0 Å². The summed E-state index contributed by atoms with van der Waals surface area (Å²) >= 11 is 0. The molecule has 0 amide bonds. The van der Waals surface area contributed by atoms with Crippen molar-refractivity contribution in [3.8, 4) is 6.07 Å². The van der Waals surface area contributed by atoms with E-state index in [1.807, 2.05) is 0 Å². The lowest BCUT2D eigenvalue weighted by molar-refractivity contribution is 0.0557. The molecular formula is C8H13NO2. The summed E-state index contributed by atoms with van der Waals surface area (Å²) in [6, 6.07) is 2.26. The first kappa shape index (κ1) is 8.51. The van der Waals surface area contributed by atoms with Gasteiger partial charge >= 0.3 is 0 Å². The van der Waals surface area contributed by atoms with E-state index in [1.165, 1.54) is 0 Å². The molecule has 0 saturated heterocycles. The van der Waals surface area contributed by atoms with Crippen LogP contribution in [0.2, 0.25) is 0 Å². The van der Waals surface area contributed by atoms with Crippen molar-refractivity contribution in [1.29, 1.82) is 5.26 Å². The predicted octanol–water partition coefficient (Wildman–Crippen LogP) is 0.953. The minimum absolute atomic E-state index is 0.131. The number of rotatable bonds is 5. The normalized spacial score (nSPS) is 19.3. The molecule has 3 nitrogen and oxygen atoms in total. The third-order valence-electron chi connectivity index (χ3n) is 1.90. The van der Waals surface area contributed by atoms with Crippen LogP contribution in [0, 0.1) is 16.7 Å². The van der Waals surface area contributed by atoms with Crippen molar-refractivity contribution in [3.05, 3.63) is 0 Å². The fourth-order valence-corrected chi connectivity index (χ4v) is 0.849. The van der Waals surface area contributed by atoms with E-state index in [-0.39, 0.29) is 5.41 Å². The number of nitriles is 1. The van der Waals surface area contributed by atoms with Crippen molar-refractivity contribution in [3.63, 3.8) is 0 Å². The Morgan fingerprint density at radius 3 is 2.64 bits per heavy atom. The molecule has 0 bridgehead atoms. The molecule has 3 heteroatoms. The Hall–Kier alpha value is -0.590. The van der Waals surface area contributed by atoms with Crippen molar-refractivity contribution >= 4 is 0 Å². The molecule has 0 spiro atoms. The molecule has 0 aromatic rings. The highest BCUT2D eigenvalue weighted by atomic mass is 16.5. The second kappa shape index (κ2) is 3.70. The fourth-order valence-electron chi connectivity index (χ4n) is 0.849. The molecule has 0 aromatic heterocycles. The summed E-state index contributed by atoms with van der Waals surface area (Å²) in [6.45, 7) is 1.79. The first-order chi connectivity index (χ1) is 5.33. The maximum atomic E-state index is 8.65. The van der Waals surface area contributed by atoms with Gasteiger partial charge in [-0.1, -0.05) is 0 Å². The summed E-state index contributed by atoms with van der Waals surface area (Å²) < 4.78 is 10.0. The van der Waals surface area contributed by atoms with Gasteiger partial charge in [-0.05, 0) is 12.8 Å². The summed E-state index contributed by atoms with van der Waals surface area (Å²) in [4.78, 5) is 0. The van der Waals surface area contributed by atoms with Crippen molar-refractivity contribution in [2.24, 2.45) is 5.41 Å². The van der Waals surface area contributed by atoms with Crippen LogP contribution in [0.1, 0.15) is 12.8 Å². The van der Waals surface area contributed by atoms with Gasteiger partial charge in [-0.15, -0.1) is 0 Å². The van der Waals surface area contributed by atoms with E-state index in [9.17, 15) is 0 Å². The standard InChI is InChI=1S/C8H13NO2/c1-10-4-5-11-7-8(6-9)2-3-8/h2-5,7H2,1H3. The zero-order valence-electron chi connectivity index (χ0n) is 6.80. The molecule has 1 rings (SSSR count). The Kier molecular flexibility index (Phi) is 2.86. The van der Waals surface area contributed by atoms with Crippen LogP contribution in [-0.4, -0.2) is 26.9 Å². The zero-order valence-corrected chi connectivity index (χ0v) is 6.80. The predicted molar refractivity (Wildman–Crippen MR) is 40.0 cm³/mol. The van der Waals surface area contributed by atoms with E-state index in [0.717, 1.165) is 12.8 Å².